The van der Waals surface area contributed by atoms with Gasteiger partial charge in [-0.1, -0.05) is 29.8 Å². The Hall–Kier alpha value is -2.75. The summed E-state index contributed by atoms with van der Waals surface area (Å²) in [5, 5.41) is 0.732. The Morgan fingerprint density at radius 3 is 2.83 bits per heavy atom. The van der Waals surface area contributed by atoms with Crippen LogP contribution in [0, 0.1) is 11.8 Å². The summed E-state index contributed by atoms with van der Waals surface area (Å²) in [6, 6.07) is 11.0. The third-order valence-corrected chi connectivity index (χ3v) is 10.6. The topological polar surface area (TPSA) is 94.2 Å². The van der Waals surface area contributed by atoms with Crippen LogP contribution in [0.1, 0.15) is 43.2 Å². The van der Waals surface area contributed by atoms with Crippen LogP contribution in [0.15, 0.2) is 53.4 Å². The minimum absolute atomic E-state index is 0.00417. The number of nitrogens with one attached hydrogen (secondary N) is 1. The Bertz CT molecular complexity index is 1430. The van der Waals surface area contributed by atoms with Crippen molar-refractivity contribution in [2.45, 2.75) is 54.9 Å². The summed E-state index contributed by atoms with van der Waals surface area (Å²) in [4.78, 5) is 14.6. The number of carbonyl (C=O) groups is 1. The lowest BCUT2D eigenvalue weighted by Gasteiger charge is -2.46. The minimum atomic E-state index is -4.14. The maximum absolute atomic E-state index is 13.2. The van der Waals surface area contributed by atoms with Gasteiger partial charge in [0.2, 0.25) is 0 Å². The fourth-order valence-corrected chi connectivity index (χ4v) is 7.95. The van der Waals surface area contributed by atoms with Crippen LogP contribution in [0.2, 0.25) is 5.02 Å². The minimum Gasteiger partial charge on any atom is -0.490 e. The van der Waals surface area contributed by atoms with Gasteiger partial charge in [-0.15, -0.1) is 0 Å². The summed E-state index contributed by atoms with van der Waals surface area (Å²) in [5.74, 6) is 1.35. The predicted octanol–water partition coefficient (Wildman–Crippen LogP) is 5.23. The highest BCUT2D eigenvalue weighted by molar-refractivity contribution is 7.90. The molecule has 2 bridgehead atoms. The Balaban J connectivity index is 1.43. The quantitative estimate of drug-likeness (QED) is 0.457. The number of cyclic esters (lactones) is 1. The number of hydrogen-bond acceptors (Lipinski definition) is 7. The molecule has 2 aromatic rings. The normalized spacial score (nSPS) is 30.4. The number of anilines is 1. The number of ether oxygens (including phenoxy) is 3. The molecule has 6 rings (SSSR count). The van der Waals surface area contributed by atoms with Crippen LogP contribution in [0.4, 0.5) is 10.5 Å². The highest BCUT2D eigenvalue weighted by Crippen LogP contribution is 2.47. The molecule has 0 saturated heterocycles. The molecule has 1 N–H and O–H groups in total. The molecule has 0 unspecified atom stereocenters. The van der Waals surface area contributed by atoms with E-state index in [9.17, 15) is 13.2 Å². The zero-order valence-electron chi connectivity index (χ0n) is 22.6. The maximum atomic E-state index is 13.2. The van der Waals surface area contributed by atoms with E-state index in [0.717, 1.165) is 49.4 Å². The molecular weight excluding hydrogens is 552 g/mol. The highest BCUT2D eigenvalue weighted by atomic mass is 35.5. The molecule has 4 aliphatic rings. The Morgan fingerprint density at radius 2 is 2.02 bits per heavy atom. The first-order valence-electron chi connectivity index (χ1n) is 14.0. The van der Waals surface area contributed by atoms with Gasteiger partial charge < -0.3 is 19.1 Å². The molecular formula is C30H35ClN2O6S. The molecule has 0 radical (unpaired) electrons. The average molecular weight is 587 g/mol. The number of benzene rings is 2. The number of fused-ring (bicyclic) bond motifs is 4. The second kappa shape index (κ2) is 10.9. The van der Waals surface area contributed by atoms with E-state index in [4.69, 9.17) is 25.8 Å². The van der Waals surface area contributed by atoms with Crippen LogP contribution in [-0.2, 0) is 31.3 Å². The van der Waals surface area contributed by atoms with E-state index in [1.807, 2.05) is 22.9 Å². The molecule has 40 heavy (non-hydrogen) atoms. The van der Waals surface area contributed by atoms with Gasteiger partial charge in [-0.2, -0.15) is 0 Å². The average Bonchev–Trinajstić information content (AvgIpc) is 3.06. The van der Waals surface area contributed by atoms with Crippen LogP contribution in [0.5, 0.6) is 5.75 Å². The Kier molecular flexibility index (Phi) is 7.48. The summed E-state index contributed by atoms with van der Waals surface area (Å²) in [7, 11) is -2.41. The lowest BCUT2D eigenvalue weighted by Crippen LogP contribution is -2.49. The van der Waals surface area contributed by atoms with Crippen molar-refractivity contribution < 1.29 is 27.4 Å². The van der Waals surface area contributed by atoms with E-state index in [1.165, 1.54) is 17.2 Å². The van der Waals surface area contributed by atoms with Gasteiger partial charge in [0.05, 0.1) is 29.9 Å². The monoisotopic (exact) mass is 586 g/mol. The first kappa shape index (κ1) is 27.4. The fourth-order valence-electron chi connectivity index (χ4n) is 6.84. The van der Waals surface area contributed by atoms with E-state index < -0.39 is 16.1 Å². The number of carbonyl (C=O) groups excluding carboxylic acids is 1. The van der Waals surface area contributed by atoms with Gasteiger partial charge in [-0.05, 0) is 91.8 Å². The second-order valence-corrected chi connectivity index (χ2v) is 13.5. The maximum Gasteiger partial charge on any atom is 0.421 e. The molecule has 1 amide bonds. The highest BCUT2D eigenvalue weighted by Gasteiger charge is 2.44. The predicted molar refractivity (Wildman–Crippen MR) is 153 cm³/mol. The van der Waals surface area contributed by atoms with Gasteiger partial charge in [-0.25, -0.2) is 17.9 Å². The van der Waals surface area contributed by atoms with Crippen LogP contribution >= 0.6 is 11.6 Å². The summed E-state index contributed by atoms with van der Waals surface area (Å²) in [6.07, 6.45) is 8.50. The van der Waals surface area contributed by atoms with E-state index in [2.05, 4.69) is 17.0 Å². The number of methoxy groups -OCH3 is 1. The standard InChI is InChI=1S/C30H35ClN2O6S/c1-37-27-6-2-3-14-38-29(34)32-40(35,36)23-9-12-28-26(16-23)33(17-21-7-10-24(21)27)18-30(19-39-28)13-4-5-20-15-22(31)8-11-25(20)30/h2,6,8-9,11-12,15-16,21,24,27H,3-5,7,10,13-14,17-19H2,1H3,(H,32,34)/b6-2+/t21-,24+,27-,30-/m0/s1. The van der Waals surface area contributed by atoms with Gasteiger partial charge >= 0.3 is 6.09 Å². The van der Waals surface area contributed by atoms with Gasteiger partial charge in [-0.3, -0.25) is 0 Å². The summed E-state index contributed by atoms with van der Waals surface area (Å²) in [5.41, 5.74) is 2.96. The molecule has 1 spiro atoms. The molecule has 4 atom stereocenters. The van der Waals surface area contributed by atoms with E-state index in [0.29, 0.717) is 37.2 Å². The zero-order chi connectivity index (χ0) is 27.9. The number of sulfonamides is 1. The van der Waals surface area contributed by atoms with Crippen molar-refractivity contribution in [1.82, 2.24) is 4.72 Å². The molecule has 2 heterocycles. The molecule has 1 saturated carbocycles. The fraction of sp³-hybridized carbons (Fsp3) is 0.500. The molecule has 1 fully saturated rings. The van der Waals surface area contributed by atoms with Crippen molar-refractivity contribution in [3.05, 3.63) is 64.7 Å². The van der Waals surface area contributed by atoms with Crippen molar-refractivity contribution >= 4 is 33.4 Å². The molecule has 2 aliphatic carbocycles. The Labute approximate surface area is 240 Å². The van der Waals surface area contributed by atoms with Crippen molar-refractivity contribution in [1.29, 1.82) is 0 Å². The SMILES string of the molecule is CO[C@H]1/C=C/CCOC(=O)NS(=O)(=O)c2ccc3c(c2)N(C[C@@H]2CC[C@H]21)C[C@@]1(CCCc2cc(Cl)ccc21)CO3. The zero-order valence-corrected chi connectivity index (χ0v) is 24.2. The van der Waals surface area contributed by atoms with E-state index in [-0.39, 0.29) is 23.0 Å². The third kappa shape index (κ3) is 5.19. The van der Waals surface area contributed by atoms with Gasteiger partial charge in [0.1, 0.15) is 5.75 Å². The molecule has 2 aromatic carbocycles. The number of hydrogen-bond donors (Lipinski definition) is 1. The number of amides is 1. The largest absolute Gasteiger partial charge is 0.490 e. The Morgan fingerprint density at radius 1 is 1.15 bits per heavy atom. The van der Waals surface area contributed by atoms with Crippen LogP contribution in [0.25, 0.3) is 0 Å². The van der Waals surface area contributed by atoms with E-state index >= 15 is 0 Å². The van der Waals surface area contributed by atoms with Crippen molar-refractivity contribution in [2.75, 3.05) is 38.3 Å². The van der Waals surface area contributed by atoms with Gasteiger partial charge in [0, 0.05) is 30.6 Å². The number of rotatable bonds is 1. The van der Waals surface area contributed by atoms with Gasteiger partial charge in [0.15, 0.2) is 0 Å². The van der Waals surface area contributed by atoms with E-state index in [1.54, 1.807) is 19.2 Å². The lowest BCUT2D eigenvalue weighted by molar-refractivity contribution is 0.0131. The third-order valence-electron chi connectivity index (χ3n) is 9.01. The summed E-state index contributed by atoms with van der Waals surface area (Å²) >= 11 is 6.37. The van der Waals surface area contributed by atoms with Crippen LogP contribution < -0.4 is 14.4 Å². The molecule has 0 aromatic heterocycles. The molecule has 10 heteroatoms. The second-order valence-electron chi connectivity index (χ2n) is 11.4. The number of nitrogens with zero attached hydrogens (tertiary/aromatic N) is 1. The van der Waals surface area contributed by atoms with Crippen LogP contribution in [0.3, 0.4) is 0 Å². The molecule has 2 aliphatic heterocycles. The van der Waals surface area contributed by atoms with Crippen molar-refractivity contribution in [3.8, 4) is 5.75 Å². The smallest absolute Gasteiger partial charge is 0.421 e. The molecule has 8 nitrogen and oxygen atoms in total. The van der Waals surface area contributed by atoms with Gasteiger partial charge in [0.25, 0.3) is 10.0 Å². The summed E-state index contributed by atoms with van der Waals surface area (Å²) < 4.78 is 45.9. The first-order chi connectivity index (χ1) is 19.3. The van der Waals surface area contributed by atoms with Crippen molar-refractivity contribution in [2.24, 2.45) is 11.8 Å². The molecule has 214 valence electrons. The van der Waals surface area contributed by atoms with Crippen molar-refractivity contribution in [3.63, 3.8) is 0 Å². The number of halogens is 1. The number of aryl methyl sites for hydroxylation is 1. The summed E-state index contributed by atoms with van der Waals surface area (Å²) in [6.45, 7) is 1.99. The first-order valence-corrected chi connectivity index (χ1v) is 15.8. The lowest BCUT2D eigenvalue weighted by atomic mass is 9.68. The van der Waals surface area contributed by atoms with Crippen LogP contribution in [-0.4, -0.2) is 54.0 Å².